The van der Waals surface area contributed by atoms with Gasteiger partial charge >= 0.3 is 0 Å². The van der Waals surface area contributed by atoms with Crippen molar-refractivity contribution < 1.29 is 19.1 Å². The average molecular weight is 256 g/mol. The summed E-state index contributed by atoms with van der Waals surface area (Å²) in [5, 5.41) is 2.47. The van der Waals surface area contributed by atoms with E-state index in [1.165, 1.54) is 0 Å². The molecular formula is C10H12N2O4S. The molecule has 1 N–H and O–H groups in total. The number of thioether (sulfide) groups is 1. The van der Waals surface area contributed by atoms with Crippen LogP contribution in [0.3, 0.4) is 0 Å². The second kappa shape index (κ2) is 4.79. The molecule has 2 aliphatic rings. The largest absolute Gasteiger partial charge is 0.463 e. The Morgan fingerprint density at radius 3 is 3.00 bits per heavy atom. The molecule has 7 heteroatoms. The number of β-lactam (4-membered cyclic amide) rings is 1. The maximum atomic E-state index is 11.8. The SMILES string of the molecule is CC1=C(COC=O)CSC2C(NC=O)C(=O)N12. The molecular weight excluding hydrogens is 244 g/mol. The van der Waals surface area contributed by atoms with Crippen LogP contribution in [0.4, 0.5) is 0 Å². The summed E-state index contributed by atoms with van der Waals surface area (Å²) < 4.78 is 4.70. The van der Waals surface area contributed by atoms with E-state index < -0.39 is 6.04 Å². The lowest BCUT2D eigenvalue weighted by atomic mass is 10.0. The fourth-order valence-electron chi connectivity index (χ4n) is 1.96. The number of carbonyl (C=O) groups is 3. The minimum atomic E-state index is -0.430. The normalized spacial score (nSPS) is 27.1. The fraction of sp³-hybridized carbons (Fsp3) is 0.500. The van der Waals surface area contributed by atoms with E-state index in [0.29, 0.717) is 18.6 Å². The van der Waals surface area contributed by atoms with Gasteiger partial charge in [0.2, 0.25) is 6.41 Å². The third-order valence-corrected chi connectivity index (χ3v) is 4.26. The van der Waals surface area contributed by atoms with Gasteiger partial charge in [-0.2, -0.15) is 0 Å². The zero-order chi connectivity index (χ0) is 12.4. The second-order valence-electron chi connectivity index (χ2n) is 3.77. The molecule has 92 valence electrons. The second-order valence-corrected chi connectivity index (χ2v) is 4.87. The molecule has 0 aromatic carbocycles. The molecule has 2 unspecified atom stereocenters. The summed E-state index contributed by atoms with van der Waals surface area (Å²) in [6.07, 6.45) is 0.546. The van der Waals surface area contributed by atoms with Crippen molar-refractivity contribution in [1.82, 2.24) is 10.2 Å². The third-order valence-electron chi connectivity index (χ3n) is 2.92. The maximum Gasteiger partial charge on any atom is 0.293 e. The number of nitrogens with one attached hydrogen (secondary N) is 1. The smallest absolute Gasteiger partial charge is 0.293 e. The van der Waals surface area contributed by atoms with Gasteiger partial charge in [0.1, 0.15) is 18.0 Å². The highest BCUT2D eigenvalue weighted by atomic mass is 32.2. The Morgan fingerprint density at radius 1 is 1.59 bits per heavy atom. The van der Waals surface area contributed by atoms with Gasteiger partial charge in [0.05, 0.1) is 0 Å². The Kier molecular flexibility index (Phi) is 3.37. The number of allylic oxidation sites excluding steroid dienone is 1. The molecule has 0 radical (unpaired) electrons. The zero-order valence-corrected chi connectivity index (χ0v) is 10.0. The molecule has 2 atom stereocenters. The molecule has 2 aliphatic heterocycles. The zero-order valence-electron chi connectivity index (χ0n) is 9.21. The van der Waals surface area contributed by atoms with Crippen LogP contribution in [0.1, 0.15) is 6.92 Å². The molecule has 2 rings (SSSR count). The summed E-state index contributed by atoms with van der Waals surface area (Å²) in [7, 11) is 0. The van der Waals surface area contributed by atoms with Crippen molar-refractivity contribution in [3.63, 3.8) is 0 Å². The topological polar surface area (TPSA) is 75.7 Å². The number of nitrogens with zero attached hydrogens (tertiary/aromatic N) is 1. The van der Waals surface area contributed by atoms with Crippen molar-refractivity contribution in [2.24, 2.45) is 0 Å². The molecule has 1 saturated heterocycles. The predicted molar refractivity (Wildman–Crippen MR) is 60.8 cm³/mol. The molecule has 2 heterocycles. The minimum absolute atomic E-state index is 0.0346. The highest BCUT2D eigenvalue weighted by molar-refractivity contribution is 8.00. The summed E-state index contributed by atoms with van der Waals surface area (Å²) >= 11 is 1.56. The molecule has 0 aromatic rings. The highest BCUT2D eigenvalue weighted by Crippen LogP contribution is 2.39. The number of carbonyl (C=O) groups excluding carboxylic acids is 3. The molecule has 2 amide bonds. The van der Waals surface area contributed by atoms with Gasteiger partial charge in [-0.1, -0.05) is 0 Å². The number of hydrogen-bond acceptors (Lipinski definition) is 5. The van der Waals surface area contributed by atoms with Crippen LogP contribution in [0.25, 0.3) is 0 Å². The van der Waals surface area contributed by atoms with Crippen molar-refractivity contribution in [3.8, 4) is 0 Å². The van der Waals surface area contributed by atoms with Crippen LogP contribution in [-0.4, -0.2) is 47.5 Å². The molecule has 0 bridgehead atoms. The number of fused-ring (bicyclic) bond motifs is 1. The van der Waals surface area contributed by atoms with Gasteiger partial charge in [-0.15, -0.1) is 11.8 Å². The van der Waals surface area contributed by atoms with E-state index in [0.717, 1.165) is 11.3 Å². The summed E-state index contributed by atoms with van der Waals surface area (Å²) in [5.41, 5.74) is 1.75. The van der Waals surface area contributed by atoms with Crippen LogP contribution in [0.15, 0.2) is 11.3 Å². The molecule has 1 fully saturated rings. The molecule has 0 aromatic heterocycles. The number of hydrogen-bond donors (Lipinski definition) is 1. The Bertz CT molecular complexity index is 396. The summed E-state index contributed by atoms with van der Waals surface area (Å²) in [5.74, 6) is 0.584. The highest BCUT2D eigenvalue weighted by Gasteiger charge is 2.50. The lowest BCUT2D eigenvalue weighted by Crippen LogP contribution is -2.68. The first-order valence-electron chi connectivity index (χ1n) is 5.09. The maximum absolute atomic E-state index is 11.8. The lowest BCUT2D eigenvalue weighted by molar-refractivity contribution is -0.144. The van der Waals surface area contributed by atoms with Gasteiger partial charge in [-0.05, 0) is 12.5 Å². The Labute approximate surface area is 102 Å². The van der Waals surface area contributed by atoms with Crippen LogP contribution < -0.4 is 5.32 Å². The van der Waals surface area contributed by atoms with Gasteiger partial charge in [0.25, 0.3) is 12.4 Å². The van der Waals surface area contributed by atoms with Crippen molar-refractivity contribution in [1.29, 1.82) is 0 Å². The number of ether oxygens (including phenoxy) is 1. The molecule has 0 spiro atoms. The quantitative estimate of drug-likeness (QED) is 0.528. The summed E-state index contributed by atoms with van der Waals surface area (Å²) in [6, 6.07) is -0.430. The average Bonchev–Trinajstić information content (AvgIpc) is 2.33. The molecule has 6 nitrogen and oxygen atoms in total. The minimum Gasteiger partial charge on any atom is -0.463 e. The number of rotatable bonds is 5. The van der Waals surface area contributed by atoms with Crippen molar-refractivity contribution >= 4 is 30.6 Å². The van der Waals surface area contributed by atoms with E-state index in [1.54, 1.807) is 16.7 Å². The lowest BCUT2D eigenvalue weighted by Gasteiger charge is -2.49. The first-order valence-corrected chi connectivity index (χ1v) is 6.13. The first kappa shape index (κ1) is 12.0. The summed E-state index contributed by atoms with van der Waals surface area (Å²) in [6.45, 7) is 2.43. The van der Waals surface area contributed by atoms with Gasteiger partial charge in [-0.3, -0.25) is 19.3 Å². The summed E-state index contributed by atoms with van der Waals surface area (Å²) in [4.78, 5) is 33.9. The Morgan fingerprint density at radius 2 is 2.35 bits per heavy atom. The van der Waals surface area contributed by atoms with Crippen LogP contribution >= 0.6 is 11.8 Å². The molecule has 17 heavy (non-hydrogen) atoms. The van der Waals surface area contributed by atoms with Crippen LogP contribution in [-0.2, 0) is 19.1 Å². The fourth-order valence-corrected chi connectivity index (χ4v) is 3.42. The van der Waals surface area contributed by atoms with E-state index in [4.69, 9.17) is 4.74 Å². The van der Waals surface area contributed by atoms with E-state index in [-0.39, 0.29) is 17.9 Å². The Hall–Kier alpha value is -1.50. The number of amides is 2. The van der Waals surface area contributed by atoms with Crippen molar-refractivity contribution in [2.75, 3.05) is 12.4 Å². The molecule has 0 aliphatic carbocycles. The van der Waals surface area contributed by atoms with E-state index in [9.17, 15) is 14.4 Å². The monoisotopic (exact) mass is 256 g/mol. The van der Waals surface area contributed by atoms with E-state index in [2.05, 4.69) is 5.32 Å². The van der Waals surface area contributed by atoms with Crippen LogP contribution in [0.5, 0.6) is 0 Å². The van der Waals surface area contributed by atoms with Crippen molar-refractivity contribution in [2.45, 2.75) is 18.3 Å². The van der Waals surface area contributed by atoms with E-state index >= 15 is 0 Å². The van der Waals surface area contributed by atoms with E-state index in [1.807, 2.05) is 6.92 Å². The Balaban J connectivity index is 2.10. The van der Waals surface area contributed by atoms with Crippen molar-refractivity contribution in [3.05, 3.63) is 11.3 Å². The van der Waals surface area contributed by atoms with Gasteiger partial charge in [0, 0.05) is 11.4 Å². The van der Waals surface area contributed by atoms with Crippen LogP contribution in [0.2, 0.25) is 0 Å². The van der Waals surface area contributed by atoms with Gasteiger partial charge in [-0.25, -0.2) is 0 Å². The third kappa shape index (κ3) is 1.90. The van der Waals surface area contributed by atoms with Gasteiger partial charge in [0.15, 0.2) is 0 Å². The first-order chi connectivity index (χ1) is 8.20. The standard InChI is InChI=1S/C10H12N2O4S/c1-6-7(2-16-5-14)3-17-10-8(11-4-13)9(15)12(6)10/h4-5,8,10H,2-3H2,1H3,(H,11,13). The predicted octanol–water partition coefficient (Wildman–Crippen LogP) is -0.537. The molecule has 0 saturated carbocycles. The van der Waals surface area contributed by atoms with Gasteiger partial charge < -0.3 is 10.1 Å². The van der Waals surface area contributed by atoms with Crippen LogP contribution in [0, 0.1) is 0 Å².